The molecule has 0 aliphatic rings. The van der Waals surface area contributed by atoms with Crippen molar-refractivity contribution in [3.8, 4) is 0 Å². The maximum atomic E-state index is 12.0. The normalized spacial score (nSPS) is 16.8. The van der Waals surface area contributed by atoms with Gasteiger partial charge >= 0.3 is 5.97 Å². The van der Waals surface area contributed by atoms with E-state index in [-0.39, 0.29) is 30.6 Å². The standard InChI is InChI=1S/C17H36N2O5S/c1-9-19(25(8,21)22)10-14(24-13(4)17(5,6)7)11-23-16(20)15(18)12(2)3/h12-15H,9-11,18H2,1-8H3/t13-,14-,15-/m0/s1. The summed E-state index contributed by atoms with van der Waals surface area (Å²) in [6.07, 6.45) is 0.446. The largest absolute Gasteiger partial charge is 0.462 e. The Morgan fingerprint density at radius 3 is 2.08 bits per heavy atom. The first-order chi connectivity index (χ1) is 11.2. The molecule has 0 aliphatic carbocycles. The summed E-state index contributed by atoms with van der Waals surface area (Å²) in [5, 5.41) is 0. The fourth-order valence-corrected chi connectivity index (χ4v) is 2.80. The first kappa shape index (κ1) is 24.3. The summed E-state index contributed by atoms with van der Waals surface area (Å²) in [7, 11) is -3.36. The smallest absolute Gasteiger partial charge is 0.323 e. The lowest BCUT2D eigenvalue weighted by Gasteiger charge is -2.33. The van der Waals surface area contributed by atoms with Crippen LogP contribution in [0.5, 0.6) is 0 Å². The van der Waals surface area contributed by atoms with Gasteiger partial charge in [0.1, 0.15) is 18.8 Å². The van der Waals surface area contributed by atoms with Crippen molar-refractivity contribution in [3.05, 3.63) is 0 Å². The molecule has 7 nitrogen and oxygen atoms in total. The molecule has 150 valence electrons. The zero-order valence-corrected chi connectivity index (χ0v) is 17.7. The van der Waals surface area contributed by atoms with Crippen LogP contribution in [0, 0.1) is 11.3 Å². The lowest BCUT2D eigenvalue weighted by atomic mass is 9.90. The van der Waals surface area contributed by atoms with Gasteiger partial charge in [-0.3, -0.25) is 4.79 Å². The van der Waals surface area contributed by atoms with E-state index >= 15 is 0 Å². The first-order valence-corrected chi connectivity index (χ1v) is 10.6. The highest BCUT2D eigenvalue weighted by atomic mass is 32.2. The third-order valence-electron chi connectivity index (χ3n) is 4.25. The molecule has 0 saturated heterocycles. The molecule has 0 amide bonds. The first-order valence-electron chi connectivity index (χ1n) is 8.72. The molecule has 0 spiro atoms. The summed E-state index contributed by atoms with van der Waals surface area (Å²) < 4.78 is 36.3. The van der Waals surface area contributed by atoms with E-state index < -0.39 is 28.1 Å². The second-order valence-corrected chi connectivity index (χ2v) is 9.86. The van der Waals surface area contributed by atoms with Crippen molar-refractivity contribution in [1.82, 2.24) is 4.31 Å². The Hall–Kier alpha value is -0.700. The van der Waals surface area contributed by atoms with Gasteiger partial charge in [-0.15, -0.1) is 0 Å². The van der Waals surface area contributed by atoms with E-state index in [0.717, 1.165) is 6.26 Å². The van der Waals surface area contributed by atoms with Gasteiger partial charge in [0, 0.05) is 13.1 Å². The van der Waals surface area contributed by atoms with Crippen LogP contribution in [0.4, 0.5) is 0 Å². The van der Waals surface area contributed by atoms with E-state index in [1.165, 1.54) is 4.31 Å². The van der Waals surface area contributed by atoms with E-state index in [1.54, 1.807) is 6.92 Å². The fraction of sp³-hybridized carbons (Fsp3) is 0.941. The van der Waals surface area contributed by atoms with Gasteiger partial charge in [-0.1, -0.05) is 41.5 Å². The quantitative estimate of drug-likeness (QED) is 0.578. The molecule has 0 aliphatic heterocycles. The number of rotatable bonds is 10. The number of carbonyl (C=O) groups excluding carboxylic acids is 1. The maximum Gasteiger partial charge on any atom is 0.323 e. The highest BCUT2D eigenvalue weighted by molar-refractivity contribution is 7.88. The minimum Gasteiger partial charge on any atom is -0.462 e. The Labute approximate surface area is 153 Å². The van der Waals surface area contributed by atoms with Gasteiger partial charge in [0.2, 0.25) is 10.0 Å². The summed E-state index contributed by atoms with van der Waals surface area (Å²) in [5.41, 5.74) is 5.67. The number of hydrogen-bond donors (Lipinski definition) is 1. The summed E-state index contributed by atoms with van der Waals surface area (Å²) in [4.78, 5) is 12.0. The second kappa shape index (κ2) is 9.85. The Bertz CT molecular complexity index is 514. The predicted molar refractivity (Wildman–Crippen MR) is 99.7 cm³/mol. The van der Waals surface area contributed by atoms with Gasteiger partial charge in [-0.05, 0) is 18.3 Å². The molecule has 0 heterocycles. The molecule has 2 N–H and O–H groups in total. The Balaban J connectivity index is 5.10. The van der Waals surface area contributed by atoms with Crippen LogP contribution in [-0.2, 0) is 24.3 Å². The SMILES string of the molecule is CCN(C[C@@H](COC(=O)[C@@H](N)C(C)C)O[C@@H](C)C(C)(C)C)S(C)(=O)=O. The summed E-state index contributed by atoms with van der Waals surface area (Å²) >= 11 is 0. The Morgan fingerprint density at radius 2 is 1.72 bits per heavy atom. The molecule has 0 rings (SSSR count). The monoisotopic (exact) mass is 380 g/mol. The summed E-state index contributed by atoms with van der Waals surface area (Å²) in [5.74, 6) is -0.544. The number of nitrogens with two attached hydrogens (primary N) is 1. The number of hydrogen-bond acceptors (Lipinski definition) is 6. The molecule has 0 fully saturated rings. The van der Waals surface area contributed by atoms with Crippen LogP contribution < -0.4 is 5.73 Å². The van der Waals surface area contributed by atoms with Crippen molar-refractivity contribution >= 4 is 16.0 Å². The van der Waals surface area contributed by atoms with Crippen LogP contribution in [0.3, 0.4) is 0 Å². The van der Waals surface area contributed by atoms with Gasteiger partial charge in [-0.2, -0.15) is 4.31 Å². The molecular weight excluding hydrogens is 344 g/mol. The Kier molecular flexibility index (Phi) is 9.57. The van der Waals surface area contributed by atoms with E-state index in [0.29, 0.717) is 6.54 Å². The van der Waals surface area contributed by atoms with Gasteiger partial charge < -0.3 is 15.2 Å². The average Bonchev–Trinajstić information content (AvgIpc) is 2.45. The van der Waals surface area contributed by atoms with Crippen molar-refractivity contribution in [2.45, 2.75) is 66.7 Å². The van der Waals surface area contributed by atoms with E-state index in [4.69, 9.17) is 15.2 Å². The molecule has 25 heavy (non-hydrogen) atoms. The fourth-order valence-electron chi connectivity index (χ4n) is 1.90. The molecule has 3 atom stereocenters. The van der Waals surface area contributed by atoms with Crippen molar-refractivity contribution < 1.29 is 22.7 Å². The second-order valence-electron chi connectivity index (χ2n) is 7.88. The van der Waals surface area contributed by atoms with Crippen LogP contribution in [0.1, 0.15) is 48.5 Å². The minimum absolute atomic E-state index is 0.0360. The zero-order chi connectivity index (χ0) is 20.0. The van der Waals surface area contributed by atoms with Gasteiger partial charge in [-0.25, -0.2) is 8.42 Å². The van der Waals surface area contributed by atoms with E-state index in [2.05, 4.69) is 0 Å². The van der Waals surface area contributed by atoms with Crippen molar-refractivity contribution in [2.75, 3.05) is 26.0 Å². The average molecular weight is 381 g/mol. The Morgan fingerprint density at radius 1 is 1.20 bits per heavy atom. The molecule has 0 saturated carbocycles. The molecule has 0 aromatic carbocycles. The lowest BCUT2D eigenvalue weighted by molar-refractivity contribution is -0.154. The van der Waals surface area contributed by atoms with Crippen LogP contribution >= 0.6 is 0 Å². The summed E-state index contributed by atoms with van der Waals surface area (Å²) in [6.45, 7) is 13.9. The molecule has 0 aromatic heterocycles. The van der Waals surface area contributed by atoms with Gasteiger partial charge in [0.05, 0.1) is 12.4 Å². The molecule has 0 radical (unpaired) electrons. The van der Waals surface area contributed by atoms with E-state index in [9.17, 15) is 13.2 Å². The van der Waals surface area contributed by atoms with Crippen molar-refractivity contribution in [1.29, 1.82) is 0 Å². The molecule has 0 unspecified atom stereocenters. The van der Waals surface area contributed by atoms with Gasteiger partial charge in [0.25, 0.3) is 0 Å². The minimum atomic E-state index is -3.36. The summed E-state index contributed by atoms with van der Waals surface area (Å²) in [6, 6.07) is -0.710. The number of esters is 1. The molecule has 8 heteroatoms. The maximum absolute atomic E-state index is 12.0. The number of carbonyl (C=O) groups is 1. The third kappa shape index (κ3) is 8.99. The van der Waals surface area contributed by atoms with Gasteiger partial charge in [0.15, 0.2) is 0 Å². The number of sulfonamides is 1. The topological polar surface area (TPSA) is 98.9 Å². The molecule has 0 aromatic rings. The van der Waals surface area contributed by atoms with Crippen LogP contribution in [0.15, 0.2) is 0 Å². The van der Waals surface area contributed by atoms with Crippen LogP contribution in [-0.4, -0.2) is 62.9 Å². The zero-order valence-electron chi connectivity index (χ0n) is 16.9. The number of ether oxygens (including phenoxy) is 2. The predicted octanol–water partition coefficient (Wildman–Crippen LogP) is 1.61. The van der Waals surface area contributed by atoms with Crippen LogP contribution in [0.25, 0.3) is 0 Å². The lowest BCUT2D eigenvalue weighted by Crippen LogP contribution is -2.44. The molecular formula is C17H36N2O5S. The highest BCUT2D eigenvalue weighted by Gasteiger charge is 2.29. The number of nitrogens with zero attached hydrogens (tertiary/aromatic N) is 1. The molecule has 0 bridgehead atoms. The van der Waals surface area contributed by atoms with Crippen LogP contribution in [0.2, 0.25) is 0 Å². The third-order valence-corrected chi connectivity index (χ3v) is 5.59. The van der Waals surface area contributed by atoms with E-state index in [1.807, 2.05) is 41.5 Å². The van der Waals surface area contributed by atoms with Crippen molar-refractivity contribution in [2.24, 2.45) is 17.1 Å². The van der Waals surface area contributed by atoms with Crippen molar-refractivity contribution in [3.63, 3.8) is 0 Å². The highest BCUT2D eigenvalue weighted by Crippen LogP contribution is 2.23. The number of likely N-dealkylation sites (N-methyl/N-ethyl adjacent to an activating group) is 1.